The van der Waals surface area contributed by atoms with Crippen LogP contribution >= 0.6 is 7.26 Å². The Kier molecular flexibility index (Phi) is 5.59. The maximum atomic E-state index is 6.06. The van der Waals surface area contributed by atoms with Crippen LogP contribution in [0.5, 0.6) is 0 Å². The second kappa shape index (κ2) is 8.06. The molecule has 0 saturated heterocycles. The first-order valence-corrected chi connectivity index (χ1v) is 10.4. The topological polar surface area (TPSA) is 9.23 Å². The zero-order valence-electron chi connectivity index (χ0n) is 13.8. The van der Waals surface area contributed by atoms with Gasteiger partial charge in [-0.2, -0.15) is 0 Å². The fourth-order valence-electron chi connectivity index (χ4n) is 3.21. The molecular weight excluding hydrogens is 311 g/mol. The van der Waals surface area contributed by atoms with Crippen LogP contribution in [0.1, 0.15) is 0 Å². The summed E-state index contributed by atoms with van der Waals surface area (Å²) in [4.78, 5) is 0. The molecule has 0 amide bonds. The first-order valence-electron chi connectivity index (χ1n) is 8.23. The van der Waals surface area contributed by atoms with Gasteiger partial charge in [0.15, 0.2) is 0 Å². The SMILES string of the molecule is C=CCOC[PH](c1ccccc1)(c1ccccc1)c1ccccc1. The third kappa shape index (κ3) is 3.33. The molecule has 0 unspecified atom stereocenters. The molecule has 0 saturated carbocycles. The van der Waals surface area contributed by atoms with E-state index in [1.165, 1.54) is 15.9 Å². The Balaban J connectivity index is 2.22. The molecule has 0 bridgehead atoms. The molecule has 0 aliphatic carbocycles. The van der Waals surface area contributed by atoms with Gasteiger partial charge in [-0.25, -0.2) is 0 Å². The maximum absolute atomic E-state index is 6.06. The molecule has 3 aromatic carbocycles. The van der Waals surface area contributed by atoms with Gasteiger partial charge in [-0.15, -0.1) is 0 Å². The quantitative estimate of drug-likeness (QED) is 0.362. The Morgan fingerprint density at radius 1 is 0.667 bits per heavy atom. The summed E-state index contributed by atoms with van der Waals surface area (Å²) in [6, 6.07) is 32.4. The number of rotatable bonds is 7. The van der Waals surface area contributed by atoms with Gasteiger partial charge in [-0.3, -0.25) is 0 Å². The van der Waals surface area contributed by atoms with Crippen molar-refractivity contribution < 1.29 is 4.74 Å². The van der Waals surface area contributed by atoms with E-state index in [1.807, 2.05) is 6.08 Å². The Morgan fingerprint density at radius 3 is 1.38 bits per heavy atom. The molecule has 0 N–H and O–H groups in total. The van der Waals surface area contributed by atoms with E-state index < -0.39 is 7.26 Å². The van der Waals surface area contributed by atoms with Crippen molar-refractivity contribution in [1.82, 2.24) is 0 Å². The van der Waals surface area contributed by atoms with E-state index in [9.17, 15) is 0 Å². The van der Waals surface area contributed by atoms with Gasteiger partial charge in [0.2, 0.25) is 0 Å². The predicted molar refractivity (Wildman–Crippen MR) is 108 cm³/mol. The predicted octanol–water partition coefficient (Wildman–Crippen LogP) is 3.87. The number of ether oxygens (including phenoxy) is 1. The van der Waals surface area contributed by atoms with Crippen molar-refractivity contribution >= 4 is 23.2 Å². The van der Waals surface area contributed by atoms with Gasteiger partial charge in [-0.1, -0.05) is 0 Å². The summed E-state index contributed by atoms with van der Waals surface area (Å²) in [7, 11) is -2.23. The van der Waals surface area contributed by atoms with Crippen LogP contribution in [0.2, 0.25) is 0 Å². The van der Waals surface area contributed by atoms with Crippen LogP contribution in [0.25, 0.3) is 0 Å². The summed E-state index contributed by atoms with van der Waals surface area (Å²) in [6.07, 6.45) is 2.52. The van der Waals surface area contributed by atoms with Crippen molar-refractivity contribution in [1.29, 1.82) is 0 Å². The molecule has 24 heavy (non-hydrogen) atoms. The van der Waals surface area contributed by atoms with Gasteiger partial charge in [0, 0.05) is 0 Å². The summed E-state index contributed by atoms with van der Waals surface area (Å²) in [5, 5.41) is 4.10. The van der Waals surface area contributed by atoms with Crippen LogP contribution in [-0.4, -0.2) is 13.0 Å². The van der Waals surface area contributed by atoms with Crippen molar-refractivity contribution in [3.63, 3.8) is 0 Å². The van der Waals surface area contributed by atoms with Gasteiger partial charge in [0.05, 0.1) is 0 Å². The van der Waals surface area contributed by atoms with E-state index >= 15 is 0 Å². The van der Waals surface area contributed by atoms with Crippen molar-refractivity contribution in [3.8, 4) is 0 Å². The standard InChI is InChI=1S/C22H23OP/c1-2-18-23-19-24(20-12-6-3-7-13-20,21-14-8-4-9-15-21)22-16-10-5-11-17-22/h2-17,24H,1,18-19H2. The van der Waals surface area contributed by atoms with Gasteiger partial charge < -0.3 is 0 Å². The van der Waals surface area contributed by atoms with Crippen LogP contribution in [0.15, 0.2) is 104 Å². The molecule has 0 aliphatic heterocycles. The van der Waals surface area contributed by atoms with Gasteiger partial charge in [0.1, 0.15) is 0 Å². The molecule has 1 nitrogen and oxygen atoms in total. The van der Waals surface area contributed by atoms with E-state index in [2.05, 4.69) is 97.6 Å². The van der Waals surface area contributed by atoms with E-state index in [4.69, 9.17) is 4.74 Å². The summed E-state index contributed by atoms with van der Waals surface area (Å²) < 4.78 is 6.06. The van der Waals surface area contributed by atoms with Crippen molar-refractivity contribution in [2.24, 2.45) is 0 Å². The van der Waals surface area contributed by atoms with Crippen LogP contribution in [-0.2, 0) is 4.74 Å². The summed E-state index contributed by atoms with van der Waals surface area (Å²) in [6.45, 7) is 4.36. The van der Waals surface area contributed by atoms with Crippen molar-refractivity contribution in [2.45, 2.75) is 0 Å². The molecule has 122 valence electrons. The fraction of sp³-hybridized carbons (Fsp3) is 0.0909. The van der Waals surface area contributed by atoms with Crippen LogP contribution in [0.3, 0.4) is 0 Å². The molecule has 2 heteroatoms. The Morgan fingerprint density at radius 2 is 1.04 bits per heavy atom. The fourth-order valence-corrected chi connectivity index (χ4v) is 7.42. The summed E-state index contributed by atoms with van der Waals surface area (Å²) >= 11 is 0. The molecule has 0 aliphatic rings. The number of hydrogen-bond acceptors (Lipinski definition) is 1. The van der Waals surface area contributed by atoms with Crippen LogP contribution in [0, 0.1) is 0 Å². The molecule has 0 spiro atoms. The van der Waals surface area contributed by atoms with E-state index in [0.717, 1.165) is 0 Å². The summed E-state index contributed by atoms with van der Waals surface area (Å²) in [5.41, 5.74) is 0. The second-order valence-electron chi connectivity index (χ2n) is 5.81. The zero-order chi connectivity index (χ0) is 16.7. The molecule has 0 heterocycles. The third-order valence-corrected chi connectivity index (χ3v) is 8.95. The van der Waals surface area contributed by atoms with Crippen LogP contribution < -0.4 is 15.9 Å². The Bertz CT molecular complexity index is 657. The molecule has 0 atom stereocenters. The minimum atomic E-state index is -2.23. The monoisotopic (exact) mass is 334 g/mol. The van der Waals surface area contributed by atoms with E-state index in [0.29, 0.717) is 13.0 Å². The molecule has 0 radical (unpaired) electrons. The Labute approximate surface area is 145 Å². The molecule has 3 aromatic rings. The molecular formula is C22H23OP. The average Bonchev–Trinajstić information content (AvgIpc) is 2.68. The first kappa shape index (κ1) is 16.6. The third-order valence-electron chi connectivity index (χ3n) is 4.35. The number of benzene rings is 3. The first-order chi connectivity index (χ1) is 11.9. The van der Waals surface area contributed by atoms with Gasteiger partial charge in [-0.05, 0) is 0 Å². The van der Waals surface area contributed by atoms with E-state index in [1.54, 1.807) is 0 Å². The van der Waals surface area contributed by atoms with Gasteiger partial charge >= 0.3 is 145 Å². The second-order valence-corrected chi connectivity index (χ2v) is 9.64. The molecule has 0 aromatic heterocycles. The number of hydrogen-bond donors (Lipinski definition) is 0. The molecule has 3 rings (SSSR count). The van der Waals surface area contributed by atoms with Gasteiger partial charge in [0.25, 0.3) is 0 Å². The zero-order valence-corrected chi connectivity index (χ0v) is 14.8. The average molecular weight is 334 g/mol. The van der Waals surface area contributed by atoms with E-state index in [-0.39, 0.29) is 0 Å². The Hall–Kier alpha value is -2.21. The molecule has 0 fully saturated rings. The minimum absolute atomic E-state index is 0.571. The van der Waals surface area contributed by atoms with Crippen molar-refractivity contribution in [2.75, 3.05) is 13.0 Å². The van der Waals surface area contributed by atoms with Crippen LogP contribution in [0.4, 0.5) is 0 Å². The van der Waals surface area contributed by atoms with Crippen molar-refractivity contribution in [3.05, 3.63) is 104 Å². The summed E-state index contributed by atoms with van der Waals surface area (Å²) in [5.74, 6) is 0. The normalized spacial score (nSPS) is 11.8.